The van der Waals surface area contributed by atoms with Crippen LogP contribution in [0.25, 0.3) is 0 Å². The third-order valence-corrected chi connectivity index (χ3v) is 3.26. The molecule has 2 aromatic rings. The molecule has 0 saturated carbocycles. The highest BCUT2D eigenvalue weighted by molar-refractivity contribution is 9.10. The standard InChI is InChI=1S/C12H14BrN5/c1-8(9-5-3-4-6-15-9)18-12-10(13)11(14-2)16-7-17-12/h3-8H,1-2H3,(H2,14,16,17,18). The van der Waals surface area contributed by atoms with E-state index in [1.807, 2.05) is 32.2 Å². The van der Waals surface area contributed by atoms with Crippen molar-refractivity contribution in [3.05, 3.63) is 40.9 Å². The zero-order valence-electron chi connectivity index (χ0n) is 10.2. The first-order valence-electron chi connectivity index (χ1n) is 5.58. The molecule has 5 nitrogen and oxygen atoms in total. The zero-order chi connectivity index (χ0) is 13.0. The van der Waals surface area contributed by atoms with Gasteiger partial charge in [0.05, 0.1) is 11.7 Å². The smallest absolute Gasteiger partial charge is 0.146 e. The maximum absolute atomic E-state index is 4.31. The predicted molar refractivity (Wildman–Crippen MR) is 75.6 cm³/mol. The van der Waals surface area contributed by atoms with Gasteiger partial charge in [0.15, 0.2) is 0 Å². The average molecular weight is 308 g/mol. The van der Waals surface area contributed by atoms with E-state index in [-0.39, 0.29) is 6.04 Å². The Morgan fingerprint density at radius 2 is 1.94 bits per heavy atom. The molecule has 18 heavy (non-hydrogen) atoms. The highest BCUT2D eigenvalue weighted by Gasteiger charge is 2.11. The summed E-state index contributed by atoms with van der Waals surface area (Å²) in [6, 6.07) is 5.91. The van der Waals surface area contributed by atoms with Crippen molar-refractivity contribution in [2.75, 3.05) is 17.7 Å². The summed E-state index contributed by atoms with van der Waals surface area (Å²) in [5.41, 5.74) is 0.967. The van der Waals surface area contributed by atoms with Gasteiger partial charge in [-0.05, 0) is 35.0 Å². The fourth-order valence-corrected chi connectivity index (χ4v) is 2.07. The first-order valence-corrected chi connectivity index (χ1v) is 6.37. The summed E-state index contributed by atoms with van der Waals surface area (Å²) < 4.78 is 0.815. The second-order valence-corrected chi connectivity index (χ2v) is 4.55. The van der Waals surface area contributed by atoms with Crippen molar-refractivity contribution in [3.63, 3.8) is 0 Å². The number of pyridine rings is 1. The summed E-state index contributed by atoms with van der Waals surface area (Å²) in [6.45, 7) is 2.04. The Balaban J connectivity index is 2.19. The summed E-state index contributed by atoms with van der Waals surface area (Å²) in [7, 11) is 1.82. The first kappa shape index (κ1) is 12.8. The van der Waals surface area contributed by atoms with Crippen molar-refractivity contribution in [3.8, 4) is 0 Å². The second kappa shape index (κ2) is 5.77. The van der Waals surface area contributed by atoms with Gasteiger partial charge in [0.25, 0.3) is 0 Å². The molecule has 0 radical (unpaired) electrons. The molecule has 0 aliphatic carbocycles. The Morgan fingerprint density at radius 1 is 1.17 bits per heavy atom. The summed E-state index contributed by atoms with van der Waals surface area (Å²) in [6.07, 6.45) is 3.30. The van der Waals surface area contributed by atoms with E-state index in [1.54, 1.807) is 6.20 Å². The fourth-order valence-electron chi connectivity index (χ4n) is 1.56. The van der Waals surface area contributed by atoms with Gasteiger partial charge in [-0.25, -0.2) is 9.97 Å². The van der Waals surface area contributed by atoms with Gasteiger partial charge in [-0.15, -0.1) is 0 Å². The van der Waals surface area contributed by atoms with E-state index in [9.17, 15) is 0 Å². The minimum atomic E-state index is 0.0714. The molecule has 0 bridgehead atoms. The minimum Gasteiger partial charge on any atom is -0.372 e. The second-order valence-electron chi connectivity index (χ2n) is 3.76. The summed E-state index contributed by atoms with van der Waals surface area (Å²) >= 11 is 3.47. The molecule has 94 valence electrons. The highest BCUT2D eigenvalue weighted by Crippen LogP contribution is 2.28. The van der Waals surface area contributed by atoms with Crippen molar-refractivity contribution in [1.82, 2.24) is 15.0 Å². The number of hydrogen-bond acceptors (Lipinski definition) is 5. The average Bonchev–Trinajstić information content (AvgIpc) is 2.42. The largest absolute Gasteiger partial charge is 0.372 e. The topological polar surface area (TPSA) is 62.7 Å². The molecule has 0 amide bonds. The Hall–Kier alpha value is -1.69. The Bertz CT molecular complexity index is 517. The van der Waals surface area contributed by atoms with Gasteiger partial charge >= 0.3 is 0 Å². The molecule has 0 saturated heterocycles. The van der Waals surface area contributed by atoms with Crippen LogP contribution in [0.1, 0.15) is 18.7 Å². The van der Waals surface area contributed by atoms with Crippen LogP contribution in [0.4, 0.5) is 11.6 Å². The van der Waals surface area contributed by atoms with Crippen molar-refractivity contribution in [2.24, 2.45) is 0 Å². The van der Waals surface area contributed by atoms with Crippen LogP contribution in [0.15, 0.2) is 35.2 Å². The summed E-state index contributed by atoms with van der Waals surface area (Å²) in [5, 5.41) is 6.30. The molecule has 0 fully saturated rings. The quantitative estimate of drug-likeness (QED) is 0.909. The molecule has 2 heterocycles. The van der Waals surface area contributed by atoms with Crippen molar-refractivity contribution in [1.29, 1.82) is 0 Å². The third-order valence-electron chi connectivity index (χ3n) is 2.51. The van der Waals surface area contributed by atoms with E-state index in [0.29, 0.717) is 0 Å². The summed E-state index contributed by atoms with van der Waals surface area (Å²) in [4.78, 5) is 12.6. The van der Waals surface area contributed by atoms with Gasteiger partial charge in [-0.2, -0.15) is 0 Å². The minimum absolute atomic E-state index is 0.0714. The predicted octanol–water partition coefficient (Wildman–Crippen LogP) is 2.85. The molecule has 2 rings (SSSR count). The molecule has 2 aromatic heterocycles. The SMILES string of the molecule is CNc1ncnc(NC(C)c2ccccn2)c1Br. The van der Waals surface area contributed by atoms with Crippen LogP contribution in [-0.2, 0) is 0 Å². The molecule has 0 aliphatic heterocycles. The van der Waals surface area contributed by atoms with Crippen LogP contribution in [-0.4, -0.2) is 22.0 Å². The lowest BCUT2D eigenvalue weighted by atomic mass is 10.2. The van der Waals surface area contributed by atoms with E-state index in [0.717, 1.165) is 21.8 Å². The van der Waals surface area contributed by atoms with Crippen LogP contribution in [0, 0.1) is 0 Å². The van der Waals surface area contributed by atoms with Crippen molar-refractivity contribution < 1.29 is 0 Å². The number of nitrogens with zero attached hydrogens (tertiary/aromatic N) is 3. The van der Waals surface area contributed by atoms with Gasteiger partial charge < -0.3 is 10.6 Å². The maximum Gasteiger partial charge on any atom is 0.146 e. The highest BCUT2D eigenvalue weighted by atomic mass is 79.9. The van der Waals surface area contributed by atoms with Gasteiger partial charge in [0.2, 0.25) is 0 Å². The van der Waals surface area contributed by atoms with Crippen LogP contribution in [0.5, 0.6) is 0 Å². The lowest BCUT2D eigenvalue weighted by Gasteiger charge is -2.15. The Labute approximate surface area is 114 Å². The van der Waals surface area contributed by atoms with Crippen molar-refractivity contribution in [2.45, 2.75) is 13.0 Å². The lowest BCUT2D eigenvalue weighted by Crippen LogP contribution is -2.10. The van der Waals surface area contributed by atoms with Crippen LogP contribution in [0.2, 0.25) is 0 Å². The van der Waals surface area contributed by atoms with Crippen LogP contribution < -0.4 is 10.6 Å². The molecular weight excluding hydrogens is 294 g/mol. The maximum atomic E-state index is 4.31. The summed E-state index contributed by atoms with van der Waals surface area (Å²) in [5.74, 6) is 1.49. The van der Waals surface area contributed by atoms with Gasteiger partial charge in [0.1, 0.15) is 22.4 Å². The van der Waals surface area contributed by atoms with Crippen LogP contribution >= 0.6 is 15.9 Å². The number of nitrogens with one attached hydrogen (secondary N) is 2. The number of hydrogen-bond donors (Lipinski definition) is 2. The first-order chi connectivity index (χ1) is 8.72. The fraction of sp³-hybridized carbons (Fsp3) is 0.250. The number of rotatable bonds is 4. The van der Waals surface area contributed by atoms with Gasteiger partial charge in [-0.1, -0.05) is 6.07 Å². The molecule has 0 aliphatic rings. The van der Waals surface area contributed by atoms with Crippen LogP contribution in [0.3, 0.4) is 0 Å². The van der Waals surface area contributed by atoms with E-state index < -0.39 is 0 Å². The number of aromatic nitrogens is 3. The zero-order valence-corrected chi connectivity index (χ0v) is 11.8. The van der Waals surface area contributed by atoms with Gasteiger partial charge in [0, 0.05) is 13.2 Å². The van der Waals surface area contributed by atoms with E-state index in [4.69, 9.17) is 0 Å². The monoisotopic (exact) mass is 307 g/mol. The Kier molecular flexibility index (Phi) is 4.09. The molecule has 1 atom stereocenters. The molecule has 6 heteroatoms. The van der Waals surface area contributed by atoms with E-state index in [2.05, 4.69) is 41.5 Å². The molecule has 2 N–H and O–H groups in total. The van der Waals surface area contributed by atoms with Gasteiger partial charge in [-0.3, -0.25) is 4.98 Å². The molecule has 0 aromatic carbocycles. The number of halogens is 1. The number of anilines is 2. The van der Waals surface area contributed by atoms with E-state index in [1.165, 1.54) is 6.33 Å². The molecule has 1 unspecified atom stereocenters. The molecule has 0 spiro atoms. The lowest BCUT2D eigenvalue weighted by molar-refractivity contribution is 0.829. The van der Waals surface area contributed by atoms with Crippen molar-refractivity contribution >= 4 is 27.6 Å². The third kappa shape index (κ3) is 2.76. The normalized spacial score (nSPS) is 11.9. The Morgan fingerprint density at radius 3 is 2.61 bits per heavy atom. The van der Waals surface area contributed by atoms with E-state index >= 15 is 0 Å². The molecular formula is C12H14BrN5.